The number of sulfonamides is 1. The van der Waals surface area contributed by atoms with Crippen LogP contribution in [0.1, 0.15) is 19.8 Å². The Morgan fingerprint density at radius 2 is 1.94 bits per heavy atom. The van der Waals surface area contributed by atoms with Crippen molar-refractivity contribution in [1.29, 1.82) is 0 Å². The second-order valence-electron chi connectivity index (χ2n) is 4.62. The molecule has 18 heavy (non-hydrogen) atoms. The van der Waals surface area contributed by atoms with Crippen LogP contribution in [0.5, 0.6) is 0 Å². The van der Waals surface area contributed by atoms with E-state index in [9.17, 15) is 18.3 Å². The Kier molecular flexibility index (Phi) is 4.71. The van der Waals surface area contributed by atoms with Crippen LogP contribution < -0.4 is 0 Å². The largest absolute Gasteiger partial charge is 0.480 e. The van der Waals surface area contributed by atoms with Crippen molar-refractivity contribution >= 4 is 16.0 Å². The third-order valence-corrected chi connectivity index (χ3v) is 5.26. The van der Waals surface area contributed by atoms with E-state index in [0.29, 0.717) is 26.1 Å². The van der Waals surface area contributed by atoms with E-state index >= 15 is 0 Å². The van der Waals surface area contributed by atoms with Gasteiger partial charge in [-0.3, -0.25) is 4.79 Å². The van der Waals surface area contributed by atoms with Gasteiger partial charge < -0.3 is 14.9 Å². The second kappa shape index (κ2) is 5.52. The summed E-state index contributed by atoms with van der Waals surface area (Å²) in [6.45, 7) is 1.75. The van der Waals surface area contributed by atoms with Crippen molar-refractivity contribution in [3.8, 4) is 0 Å². The molecule has 1 aliphatic heterocycles. The zero-order chi connectivity index (χ0) is 14.0. The second-order valence-corrected chi connectivity index (χ2v) is 6.98. The van der Waals surface area contributed by atoms with Crippen molar-refractivity contribution in [2.45, 2.75) is 30.6 Å². The Bertz CT molecular complexity index is 401. The molecule has 0 aliphatic carbocycles. The number of aliphatic carboxylic acids is 1. The zero-order valence-corrected chi connectivity index (χ0v) is 11.3. The molecule has 0 radical (unpaired) electrons. The third-order valence-electron chi connectivity index (χ3n) is 3.17. The zero-order valence-electron chi connectivity index (χ0n) is 10.5. The predicted molar refractivity (Wildman–Crippen MR) is 63.7 cm³/mol. The highest BCUT2D eigenvalue weighted by atomic mass is 32.2. The molecule has 1 saturated heterocycles. The highest BCUT2D eigenvalue weighted by Gasteiger charge is 2.38. The highest BCUT2D eigenvalue weighted by molar-refractivity contribution is 7.90. The van der Waals surface area contributed by atoms with Gasteiger partial charge in [-0.05, 0) is 6.92 Å². The maximum absolute atomic E-state index is 11.9. The number of carbonyl (C=O) groups is 1. The first kappa shape index (κ1) is 15.4. The van der Waals surface area contributed by atoms with E-state index in [1.165, 1.54) is 7.05 Å². The number of hydrogen-bond acceptors (Lipinski definition) is 5. The van der Waals surface area contributed by atoms with Crippen molar-refractivity contribution in [3.63, 3.8) is 0 Å². The van der Waals surface area contributed by atoms with Gasteiger partial charge in [-0.25, -0.2) is 12.7 Å². The summed E-state index contributed by atoms with van der Waals surface area (Å²) in [6, 6.07) is 0. The van der Waals surface area contributed by atoms with Crippen molar-refractivity contribution in [3.05, 3.63) is 0 Å². The lowest BCUT2D eigenvalue weighted by Gasteiger charge is -2.35. The molecule has 0 spiro atoms. The monoisotopic (exact) mass is 281 g/mol. The molecule has 7 nitrogen and oxygen atoms in total. The molecule has 1 heterocycles. The van der Waals surface area contributed by atoms with Gasteiger partial charge in [0.15, 0.2) is 5.25 Å². The average Bonchev–Trinajstić information content (AvgIpc) is 2.28. The Morgan fingerprint density at radius 3 is 2.39 bits per heavy atom. The van der Waals surface area contributed by atoms with E-state index in [4.69, 9.17) is 9.84 Å². The van der Waals surface area contributed by atoms with E-state index in [-0.39, 0.29) is 6.54 Å². The van der Waals surface area contributed by atoms with E-state index in [1.54, 1.807) is 0 Å². The summed E-state index contributed by atoms with van der Waals surface area (Å²) in [5, 5.41) is 17.4. The molecule has 0 amide bonds. The number of rotatable bonds is 5. The van der Waals surface area contributed by atoms with Crippen LogP contribution in [0, 0.1) is 0 Å². The molecule has 0 bridgehead atoms. The molecule has 0 aromatic carbocycles. The molecule has 0 aromatic rings. The number of ether oxygens (including phenoxy) is 1. The van der Waals surface area contributed by atoms with Gasteiger partial charge >= 0.3 is 5.97 Å². The number of carboxylic acids is 1. The van der Waals surface area contributed by atoms with Crippen molar-refractivity contribution < 1.29 is 28.2 Å². The molecule has 1 fully saturated rings. The van der Waals surface area contributed by atoms with Crippen LogP contribution in [0.3, 0.4) is 0 Å². The molecular weight excluding hydrogens is 262 g/mol. The number of nitrogens with zero attached hydrogens (tertiary/aromatic N) is 1. The smallest absolute Gasteiger partial charge is 0.323 e. The van der Waals surface area contributed by atoms with Crippen LogP contribution in [0.15, 0.2) is 0 Å². The molecule has 0 saturated carbocycles. The van der Waals surface area contributed by atoms with Crippen LogP contribution >= 0.6 is 0 Å². The average molecular weight is 281 g/mol. The van der Waals surface area contributed by atoms with Gasteiger partial charge in [0.2, 0.25) is 10.0 Å². The number of hydrogen-bond donors (Lipinski definition) is 2. The fraction of sp³-hybridized carbons (Fsp3) is 0.900. The van der Waals surface area contributed by atoms with Crippen molar-refractivity contribution in [1.82, 2.24) is 4.31 Å². The van der Waals surface area contributed by atoms with Crippen molar-refractivity contribution in [2.75, 3.05) is 26.8 Å². The number of aliphatic hydroxyl groups is 1. The van der Waals surface area contributed by atoms with Gasteiger partial charge in [0.25, 0.3) is 0 Å². The SMILES string of the molecule is CC(C(=O)O)S(=O)(=O)N(C)CC1(O)CCOCC1. The van der Waals surface area contributed by atoms with Gasteiger partial charge in [-0.1, -0.05) is 0 Å². The molecule has 106 valence electrons. The summed E-state index contributed by atoms with van der Waals surface area (Å²) in [7, 11) is -2.66. The predicted octanol–water partition coefficient (Wildman–Crippen LogP) is -0.737. The third kappa shape index (κ3) is 3.41. The molecule has 1 unspecified atom stereocenters. The van der Waals surface area contributed by atoms with Crippen molar-refractivity contribution in [2.24, 2.45) is 0 Å². The lowest BCUT2D eigenvalue weighted by atomic mass is 9.95. The normalized spacial score (nSPS) is 21.8. The minimum atomic E-state index is -3.94. The highest BCUT2D eigenvalue weighted by Crippen LogP contribution is 2.23. The Balaban J connectivity index is 2.75. The summed E-state index contributed by atoms with van der Waals surface area (Å²) in [6.07, 6.45) is 0.683. The first-order valence-electron chi connectivity index (χ1n) is 5.67. The van der Waals surface area contributed by atoms with Gasteiger partial charge in [0.05, 0.1) is 5.60 Å². The number of carboxylic acid groups (broad SMARTS) is 1. The minimum Gasteiger partial charge on any atom is -0.480 e. The van der Waals surface area contributed by atoms with Crippen LogP contribution in [0.25, 0.3) is 0 Å². The molecule has 0 aromatic heterocycles. The number of likely N-dealkylation sites (N-methyl/N-ethyl adjacent to an activating group) is 1. The molecule has 1 atom stereocenters. The van der Waals surface area contributed by atoms with Crippen LogP contribution in [0.2, 0.25) is 0 Å². The van der Waals surface area contributed by atoms with E-state index in [1.807, 2.05) is 0 Å². The molecule has 1 aliphatic rings. The van der Waals surface area contributed by atoms with Crippen LogP contribution in [-0.4, -0.2) is 66.6 Å². The van der Waals surface area contributed by atoms with Crippen LogP contribution in [-0.2, 0) is 19.6 Å². The maximum Gasteiger partial charge on any atom is 0.323 e. The molecule has 1 rings (SSSR count). The maximum atomic E-state index is 11.9. The van der Waals surface area contributed by atoms with Crippen LogP contribution in [0.4, 0.5) is 0 Å². The summed E-state index contributed by atoms with van der Waals surface area (Å²) in [5.41, 5.74) is -1.14. The molecule has 2 N–H and O–H groups in total. The summed E-state index contributed by atoms with van der Waals surface area (Å²) < 4.78 is 29.8. The lowest BCUT2D eigenvalue weighted by molar-refractivity contribution is -0.136. The first-order chi connectivity index (χ1) is 8.19. The fourth-order valence-corrected chi connectivity index (χ4v) is 3.03. The standard InChI is InChI=1S/C10H19NO6S/c1-8(9(12)13)18(15,16)11(2)7-10(14)3-5-17-6-4-10/h8,14H,3-7H2,1-2H3,(H,12,13). The Hall–Kier alpha value is -0.700. The van der Waals surface area contributed by atoms with Gasteiger partial charge in [0, 0.05) is 39.6 Å². The first-order valence-corrected chi connectivity index (χ1v) is 7.17. The van der Waals surface area contributed by atoms with E-state index in [2.05, 4.69) is 0 Å². The fourth-order valence-electron chi connectivity index (χ4n) is 1.81. The summed E-state index contributed by atoms with van der Waals surface area (Å²) in [5.74, 6) is -1.40. The minimum absolute atomic E-state index is 0.115. The van der Waals surface area contributed by atoms with Gasteiger partial charge in [-0.15, -0.1) is 0 Å². The van der Waals surface area contributed by atoms with E-state index < -0.39 is 26.8 Å². The lowest BCUT2D eigenvalue weighted by Crippen LogP contribution is -2.49. The van der Waals surface area contributed by atoms with Gasteiger partial charge in [-0.2, -0.15) is 0 Å². The molecule has 8 heteroatoms. The van der Waals surface area contributed by atoms with Gasteiger partial charge in [0.1, 0.15) is 0 Å². The topological polar surface area (TPSA) is 104 Å². The Labute approximate surface area is 106 Å². The Morgan fingerprint density at radius 1 is 1.44 bits per heavy atom. The summed E-state index contributed by atoms with van der Waals surface area (Å²) >= 11 is 0. The summed E-state index contributed by atoms with van der Waals surface area (Å²) in [4.78, 5) is 10.7. The quantitative estimate of drug-likeness (QED) is 0.688. The molecular formula is C10H19NO6S. The van der Waals surface area contributed by atoms with E-state index in [0.717, 1.165) is 11.2 Å².